The first kappa shape index (κ1) is 8.16. The maximum Gasteiger partial charge on any atom is 0.261 e. The highest BCUT2D eigenvalue weighted by atomic mass is 16.4. The van der Waals surface area contributed by atoms with Crippen LogP contribution in [0.5, 0.6) is 0 Å². The fourth-order valence-corrected chi connectivity index (χ4v) is 1.01. The largest absolute Gasteiger partial charge is 0.380 e. The normalized spacial score (nSPS) is 31.7. The van der Waals surface area contributed by atoms with Crippen molar-refractivity contribution in [3.8, 4) is 0 Å². The summed E-state index contributed by atoms with van der Waals surface area (Å²) in [5, 5.41) is 17.8. The van der Waals surface area contributed by atoms with Gasteiger partial charge in [0.2, 0.25) is 0 Å². The monoisotopic (exact) mass is 159 g/mol. The quantitative estimate of drug-likeness (QED) is 0.438. The van der Waals surface area contributed by atoms with Crippen LogP contribution in [0.3, 0.4) is 0 Å². The van der Waals surface area contributed by atoms with E-state index in [1.807, 2.05) is 0 Å². The molecule has 0 radical (unpaired) electrons. The summed E-state index contributed by atoms with van der Waals surface area (Å²) in [6, 6.07) is 0. The minimum Gasteiger partial charge on any atom is -0.380 e. The van der Waals surface area contributed by atoms with Crippen LogP contribution in [-0.2, 0) is 9.59 Å². The third-order valence-electron chi connectivity index (χ3n) is 1.65. The van der Waals surface area contributed by atoms with E-state index >= 15 is 0 Å². The minimum atomic E-state index is -1.57. The number of rotatable bonds is 1. The first-order chi connectivity index (χ1) is 5.09. The highest BCUT2D eigenvalue weighted by molar-refractivity contribution is 6.07. The summed E-state index contributed by atoms with van der Waals surface area (Å²) in [5.41, 5.74) is 0. The summed E-state index contributed by atoms with van der Waals surface area (Å²) < 4.78 is 0. The Morgan fingerprint density at radius 2 is 1.64 bits per heavy atom. The number of carbonyl (C=O) groups is 2. The van der Waals surface area contributed by atoms with E-state index in [1.165, 1.54) is 0 Å². The molecule has 2 N–H and O–H groups in total. The van der Waals surface area contributed by atoms with Gasteiger partial charge in [-0.15, -0.1) is 0 Å². The van der Waals surface area contributed by atoms with Gasteiger partial charge >= 0.3 is 0 Å². The zero-order valence-electron chi connectivity index (χ0n) is 6.02. The van der Waals surface area contributed by atoms with Crippen LogP contribution in [0.15, 0.2) is 0 Å². The van der Waals surface area contributed by atoms with Crippen LogP contribution in [-0.4, -0.2) is 45.7 Å². The molecule has 1 aliphatic heterocycles. The van der Waals surface area contributed by atoms with Crippen molar-refractivity contribution in [1.82, 2.24) is 4.90 Å². The van der Waals surface area contributed by atoms with E-state index in [0.717, 1.165) is 4.90 Å². The first-order valence-electron chi connectivity index (χ1n) is 3.31. The third kappa shape index (κ3) is 1.02. The van der Waals surface area contributed by atoms with Gasteiger partial charge in [0.15, 0.2) is 12.2 Å². The Labute approximate surface area is 63.2 Å². The lowest BCUT2D eigenvalue weighted by molar-refractivity contribution is -0.141. The number of aliphatic hydroxyl groups excluding tert-OH is 2. The van der Waals surface area contributed by atoms with Crippen molar-refractivity contribution >= 4 is 11.8 Å². The maximum atomic E-state index is 10.9. The van der Waals surface area contributed by atoms with Crippen molar-refractivity contribution in [2.75, 3.05) is 6.54 Å². The number of amides is 2. The maximum absolute atomic E-state index is 10.9. The van der Waals surface area contributed by atoms with Crippen molar-refractivity contribution in [3.05, 3.63) is 0 Å². The lowest BCUT2D eigenvalue weighted by atomic mass is 10.2. The van der Waals surface area contributed by atoms with Gasteiger partial charge in [-0.05, 0) is 6.92 Å². The van der Waals surface area contributed by atoms with Crippen LogP contribution in [0.25, 0.3) is 0 Å². The Hall–Kier alpha value is -0.940. The molecule has 0 bridgehead atoms. The molecule has 1 rings (SSSR count). The molecule has 0 saturated carbocycles. The number of nitrogens with zero attached hydrogens (tertiary/aromatic N) is 1. The zero-order chi connectivity index (χ0) is 8.59. The van der Waals surface area contributed by atoms with Gasteiger partial charge in [0.25, 0.3) is 11.8 Å². The highest BCUT2D eigenvalue weighted by Gasteiger charge is 2.44. The second-order valence-corrected chi connectivity index (χ2v) is 2.31. The predicted molar refractivity (Wildman–Crippen MR) is 34.4 cm³/mol. The number of hydrogen-bond acceptors (Lipinski definition) is 4. The molecule has 2 unspecified atom stereocenters. The molecule has 1 fully saturated rings. The molecule has 62 valence electrons. The summed E-state index contributed by atoms with van der Waals surface area (Å²) in [6.45, 7) is 1.78. The van der Waals surface area contributed by atoms with Crippen LogP contribution in [0.1, 0.15) is 6.92 Å². The molecule has 0 aromatic rings. The molecule has 11 heavy (non-hydrogen) atoms. The number of likely N-dealkylation sites (N-methyl/N-ethyl adjacent to an activating group) is 1. The third-order valence-corrected chi connectivity index (χ3v) is 1.65. The molecular weight excluding hydrogens is 150 g/mol. The number of imide groups is 1. The lowest BCUT2D eigenvalue weighted by Gasteiger charge is -2.08. The Kier molecular flexibility index (Phi) is 1.92. The summed E-state index contributed by atoms with van der Waals surface area (Å²) >= 11 is 0. The smallest absolute Gasteiger partial charge is 0.261 e. The number of likely N-dealkylation sites (tertiary alicyclic amines) is 1. The number of hydrogen-bond donors (Lipinski definition) is 2. The molecule has 2 atom stereocenters. The molecular formula is C6H9NO4. The van der Waals surface area contributed by atoms with Gasteiger partial charge in [0.05, 0.1) is 0 Å². The molecule has 5 heteroatoms. The first-order valence-corrected chi connectivity index (χ1v) is 3.31. The summed E-state index contributed by atoms with van der Waals surface area (Å²) in [5.74, 6) is -1.44. The average molecular weight is 159 g/mol. The fourth-order valence-electron chi connectivity index (χ4n) is 1.01. The van der Waals surface area contributed by atoms with E-state index in [4.69, 9.17) is 10.2 Å². The van der Waals surface area contributed by atoms with E-state index in [2.05, 4.69) is 0 Å². The molecule has 0 spiro atoms. The second kappa shape index (κ2) is 2.60. The van der Waals surface area contributed by atoms with Gasteiger partial charge in [0.1, 0.15) is 0 Å². The summed E-state index contributed by atoms with van der Waals surface area (Å²) in [7, 11) is 0. The minimum absolute atomic E-state index is 0.186. The molecule has 5 nitrogen and oxygen atoms in total. The van der Waals surface area contributed by atoms with Crippen molar-refractivity contribution < 1.29 is 19.8 Å². The predicted octanol–water partition coefficient (Wildman–Crippen LogP) is -1.90. The van der Waals surface area contributed by atoms with Crippen molar-refractivity contribution in [1.29, 1.82) is 0 Å². The van der Waals surface area contributed by atoms with Crippen LogP contribution in [0.4, 0.5) is 0 Å². The van der Waals surface area contributed by atoms with Crippen LogP contribution >= 0.6 is 0 Å². The highest BCUT2D eigenvalue weighted by Crippen LogP contribution is 2.12. The van der Waals surface area contributed by atoms with Gasteiger partial charge in [-0.2, -0.15) is 0 Å². The topological polar surface area (TPSA) is 77.8 Å². The van der Waals surface area contributed by atoms with Gasteiger partial charge in [-0.25, -0.2) is 0 Å². The van der Waals surface area contributed by atoms with Crippen LogP contribution in [0.2, 0.25) is 0 Å². The van der Waals surface area contributed by atoms with Gasteiger partial charge in [-0.1, -0.05) is 0 Å². The Bertz CT molecular complexity index is 183. The summed E-state index contributed by atoms with van der Waals surface area (Å²) in [6.07, 6.45) is -3.13. The molecule has 1 heterocycles. The average Bonchev–Trinajstić information content (AvgIpc) is 2.17. The van der Waals surface area contributed by atoms with E-state index < -0.39 is 24.0 Å². The van der Waals surface area contributed by atoms with Crippen LogP contribution < -0.4 is 0 Å². The van der Waals surface area contributed by atoms with Crippen molar-refractivity contribution in [2.45, 2.75) is 19.1 Å². The molecule has 0 aromatic carbocycles. The van der Waals surface area contributed by atoms with Gasteiger partial charge in [-0.3, -0.25) is 14.5 Å². The zero-order valence-corrected chi connectivity index (χ0v) is 6.02. The summed E-state index contributed by atoms with van der Waals surface area (Å²) in [4.78, 5) is 22.5. The number of carbonyl (C=O) groups excluding carboxylic acids is 2. The molecule has 0 aromatic heterocycles. The lowest BCUT2D eigenvalue weighted by Crippen LogP contribution is -2.31. The SMILES string of the molecule is CCN1C(=O)C(O)C(O)C1=O. The van der Waals surface area contributed by atoms with Crippen LogP contribution in [0, 0.1) is 0 Å². The van der Waals surface area contributed by atoms with Gasteiger partial charge < -0.3 is 10.2 Å². The van der Waals surface area contributed by atoms with Gasteiger partial charge in [0, 0.05) is 6.54 Å². The van der Waals surface area contributed by atoms with Crippen molar-refractivity contribution in [2.24, 2.45) is 0 Å². The van der Waals surface area contributed by atoms with Crippen molar-refractivity contribution in [3.63, 3.8) is 0 Å². The molecule has 1 saturated heterocycles. The standard InChI is InChI=1S/C6H9NO4/c1-2-7-5(10)3(8)4(9)6(7)11/h3-4,8-9H,2H2,1H3. The van der Waals surface area contributed by atoms with E-state index in [9.17, 15) is 9.59 Å². The Morgan fingerprint density at radius 3 is 1.82 bits per heavy atom. The fraction of sp³-hybridized carbons (Fsp3) is 0.667. The molecule has 0 aliphatic carbocycles. The molecule has 1 aliphatic rings. The molecule has 2 amide bonds. The van der Waals surface area contributed by atoms with E-state index in [-0.39, 0.29) is 6.54 Å². The van der Waals surface area contributed by atoms with E-state index in [0.29, 0.717) is 0 Å². The second-order valence-electron chi connectivity index (χ2n) is 2.31. The Balaban J connectivity index is 2.86. The number of aliphatic hydroxyl groups is 2. The van der Waals surface area contributed by atoms with E-state index in [1.54, 1.807) is 6.92 Å². The Morgan fingerprint density at radius 1 is 1.27 bits per heavy atom.